The van der Waals surface area contributed by atoms with Gasteiger partial charge in [-0.25, -0.2) is 9.97 Å². The van der Waals surface area contributed by atoms with Crippen LogP contribution in [0.4, 0.5) is 0 Å². The van der Waals surface area contributed by atoms with Crippen molar-refractivity contribution in [2.24, 2.45) is 11.8 Å². The molecular formula is C27H41N5O. The second-order valence-electron chi connectivity index (χ2n) is 10.1. The SMILES string of the molecule is CCCCCCC1CCCN(C[C@@H]2CCCCC2NC(=O)c2ccc(-n3ccnc3)nc2)C1. The van der Waals surface area contributed by atoms with E-state index in [2.05, 4.69) is 27.1 Å². The van der Waals surface area contributed by atoms with Gasteiger partial charge >= 0.3 is 0 Å². The van der Waals surface area contributed by atoms with Crippen molar-refractivity contribution < 1.29 is 4.79 Å². The fraction of sp³-hybridized carbons (Fsp3) is 0.667. The topological polar surface area (TPSA) is 63.1 Å². The van der Waals surface area contributed by atoms with Gasteiger partial charge in [-0.05, 0) is 62.6 Å². The Morgan fingerprint density at radius 3 is 2.82 bits per heavy atom. The average Bonchev–Trinajstić information content (AvgIpc) is 3.39. The number of hydrogen-bond donors (Lipinski definition) is 1. The molecule has 33 heavy (non-hydrogen) atoms. The number of imidazole rings is 1. The molecule has 2 aliphatic rings. The number of unbranched alkanes of at least 4 members (excludes halogenated alkanes) is 3. The lowest BCUT2D eigenvalue weighted by Gasteiger charge is -2.39. The molecule has 3 atom stereocenters. The molecule has 0 aromatic carbocycles. The van der Waals surface area contributed by atoms with Gasteiger partial charge in [0.2, 0.25) is 0 Å². The van der Waals surface area contributed by atoms with Crippen molar-refractivity contribution in [2.45, 2.75) is 83.6 Å². The Hall–Kier alpha value is -2.21. The molecule has 1 saturated carbocycles. The fourth-order valence-electron chi connectivity index (χ4n) is 5.68. The summed E-state index contributed by atoms with van der Waals surface area (Å²) in [6.07, 6.45) is 21.4. The first-order valence-electron chi connectivity index (χ1n) is 13.2. The molecule has 0 bridgehead atoms. The van der Waals surface area contributed by atoms with E-state index in [0.717, 1.165) is 24.7 Å². The molecule has 1 aliphatic heterocycles. The van der Waals surface area contributed by atoms with E-state index in [0.29, 0.717) is 11.5 Å². The van der Waals surface area contributed by atoms with E-state index in [9.17, 15) is 4.79 Å². The van der Waals surface area contributed by atoms with Crippen LogP contribution in [0.2, 0.25) is 0 Å². The summed E-state index contributed by atoms with van der Waals surface area (Å²) in [5.41, 5.74) is 0.633. The second-order valence-corrected chi connectivity index (χ2v) is 10.1. The van der Waals surface area contributed by atoms with Crippen LogP contribution in [0.15, 0.2) is 37.1 Å². The van der Waals surface area contributed by atoms with Gasteiger partial charge in [-0.2, -0.15) is 0 Å². The Balaban J connectivity index is 1.29. The maximum atomic E-state index is 13.0. The van der Waals surface area contributed by atoms with E-state index in [-0.39, 0.29) is 11.9 Å². The van der Waals surface area contributed by atoms with Crippen molar-refractivity contribution in [1.29, 1.82) is 0 Å². The van der Waals surface area contributed by atoms with Gasteiger partial charge in [-0.1, -0.05) is 45.4 Å². The molecule has 4 rings (SSSR count). The third-order valence-electron chi connectivity index (χ3n) is 7.57. The number of nitrogens with one attached hydrogen (secondary N) is 1. The molecule has 3 heterocycles. The molecule has 2 aromatic rings. The molecule has 2 fully saturated rings. The van der Waals surface area contributed by atoms with Crippen molar-refractivity contribution >= 4 is 5.91 Å². The Morgan fingerprint density at radius 1 is 1.12 bits per heavy atom. The summed E-state index contributed by atoms with van der Waals surface area (Å²) in [7, 11) is 0. The van der Waals surface area contributed by atoms with E-state index in [1.165, 1.54) is 77.3 Å². The number of carbonyl (C=O) groups is 1. The van der Waals surface area contributed by atoms with Crippen LogP contribution in [0.1, 0.15) is 87.9 Å². The second kappa shape index (κ2) is 12.3. The highest BCUT2D eigenvalue weighted by Gasteiger charge is 2.30. The van der Waals surface area contributed by atoms with Gasteiger partial charge in [0.15, 0.2) is 0 Å². The van der Waals surface area contributed by atoms with Gasteiger partial charge in [0, 0.05) is 37.7 Å². The number of piperidine rings is 1. The van der Waals surface area contributed by atoms with Crippen molar-refractivity contribution in [3.8, 4) is 5.82 Å². The molecule has 180 valence electrons. The van der Waals surface area contributed by atoms with Gasteiger partial charge in [0.25, 0.3) is 5.91 Å². The van der Waals surface area contributed by atoms with E-state index in [1.54, 1.807) is 18.7 Å². The predicted octanol–water partition coefficient (Wildman–Crippen LogP) is 5.24. The monoisotopic (exact) mass is 451 g/mol. The van der Waals surface area contributed by atoms with Gasteiger partial charge in [-0.3, -0.25) is 9.36 Å². The molecule has 6 nitrogen and oxygen atoms in total. The number of nitrogens with zero attached hydrogens (tertiary/aromatic N) is 4. The number of carbonyl (C=O) groups excluding carboxylic acids is 1. The molecule has 0 spiro atoms. The molecule has 6 heteroatoms. The van der Waals surface area contributed by atoms with Crippen LogP contribution in [0.3, 0.4) is 0 Å². The highest BCUT2D eigenvalue weighted by molar-refractivity contribution is 5.94. The Kier molecular flexibility index (Phi) is 8.93. The van der Waals surface area contributed by atoms with Crippen LogP contribution in [0.5, 0.6) is 0 Å². The normalized spacial score (nSPS) is 24.0. The minimum Gasteiger partial charge on any atom is -0.349 e. The third-order valence-corrected chi connectivity index (χ3v) is 7.57. The van der Waals surface area contributed by atoms with Gasteiger partial charge in [-0.15, -0.1) is 0 Å². The van der Waals surface area contributed by atoms with Crippen molar-refractivity contribution in [2.75, 3.05) is 19.6 Å². The van der Waals surface area contributed by atoms with Crippen molar-refractivity contribution in [3.63, 3.8) is 0 Å². The molecular weight excluding hydrogens is 410 g/mol. The van der Waals surface area contributed by atoms with E-state index in [4.69, 9.17) is 0 Å². The molecule has 0 radical (unpaired) electrons. The quantitative estimate of drug-likeness (QED) is 0.502. The van der Waals surface area contributed by atoms with E-state index >= 15 is 0 Å². The van der Waals surface area contributed by atoms with Gasteiger partial charge in [0.05, 0.1) is 5.56 Å². The number of amides is 1. The zero-order valence-corrected chi connectivity index (χ0v) is 20.3. The van der Waals surface area contributed by atoms with Crippen LogP contribution in [-0.2, 0) is 0 Å². The number of likely N-dealkylation sites (tertiary alicyclic amines) is 1. The van der Waals surface area contributed by atoms with Crippen molar-refractivity contribution in [3.05, 3.63) is 42.6 Å². The van der Waals surface area contributed by atoms with Crippen LogP contribution in [0.25, 0.3) is 5.82 Å². The van der Waals surface area contributed by atoms with Crippen molar-refractivity contribution in [1.82, 2.24) is 24.8 Å². The van der Waals surface area contributed by atoms with Crippen LogP contribution < -0.4 is 5.32 Å². The Bertz CT molecular complexity index is 835. The number of aromatic nitrogens is 3. The zero-order valence-electron chi connectivity index (χ0n) is 20.3. The number of rotatable bonds is 10. The lowest BCUT2D eigenvalue weighted by atomic mass is 9.83. The molecule has 1 saturated heterocycles. The molecule has 2 unspecified atom stereocenters. The standard InChI is InChI=1S/C27H41N5O/c1-2-3-4-5-9-22-10-8-16-31(19-22)20-24-11-6-7-12-25(24)30-27(33)23-13-14-26(29-18-23)32-17-15-28-21-32/h13-15,17-18,21-22,24-25H,2-12,16,19-20H2,1H3,(H,30,33)/t22?,24-,25?/m0/s1. The van der Waals surface area contributed by atoms with Crippen LogP contribution in [-0.4, -0.2) is 51.0 Å². The maximum absolute atomic E-state index is 13.0. The highest BCUT2D eigenvalue weighted by Crippen LogP contribution is 2.29. The summed E-state index contributed by atoms with van der Waals surface area (Å²) >= 11 is 0. The molecule has 1 aliphatic carbocycles. The third kappa shape index (κ3) is 6.89. The zero-order chi connectivity index (χ0) is 22.9. The summed E-state index contributed by atoms with van der Waals surface area (Å²) in [5.74, 6) is 2.20. The first kappa shape index (κ1) is 23.9. The maximum Gasteiger partial charge on any atom is 0.253 e. The number of hydrogen-bond acceptors (Lipinski definition) is 4. The van der Waals surface area contributed by atoms with E-state index < -0.39 is 0 Å². The lowest BCUT2D eigenvalue weighted by Crippen LogP contribution is -2.48. The van der Waals surface area contributed by atoms with E-state index in [1.807, 2.05) is 22.9 Å². The Morgan fingerprint density at radius 2 is 2.03 bits per heavy atom. The molecule has 1 amide bonds. The molecule has 1 N–H and O–H groups in total. The Labute approximate surface area is 199 Å². The summed E-state index contributed by atoms with van der Waals surface area (Å²) < 4.78 is 1.84. The summed E-state index contributed by atoms with van der Waals surface area (Å²) in [4.78, 5) is 24.2. The smallest absolute Gasteiger partial charge is 0.253 e. The van der Waals surface area contributed by atoms with Gasteiger partial charge < -0.3 is 10.2 Å². The van der Waals surface area contributed by atoms with Crippen LogP contribution in [0, 0.1) is 11.8 Å². The predicted molar refractivity (Wildman–Crippen MR) is 132 cm³/mol. The lowest BCUT2D eigenvalue weighted by molar-refractivity contribution is 0.0852. The minimum atomic E-state index is 0.00373. The number of pyridine rings is 1. The van der Waals surface area contributed by atoms with Gasteiger partial charge in [0.1, 0.15) is 12.1 Å². The summed E-state index contributed by atoms with van der Waals surface area (Å²) in [6, 6.07) is 4.01. The highest BCUT2D eigenvalue weighted by atomic mass is 16.1. The summed E-state index contributed by atoms with van der Waals surface area (Å²) in [5, 5.41) is 3.36. The fourth-order valence-corrected chi connectivity index (χ4v) is 5.68. The first-order valence-corrected chi connectivity index (χ1v) is 13.2. The summed E-state index contributed by atoms with van der Waals surface area (Å²) in [6.45, 7) is 5.90. The minimum absolute atomic E-state index is 0.00373. The van der Waals surface area contributed by atoms with Crippen LogP contribution >= 0.6 is 0 Å². The first-order chi connectivity index (χ1) is 16.2. The largest absolute Gasteiger partial charge is 0.349 e. The molecule has 2 aromatic heterocycles. The average molecular weight is 452 g/mol.